The molecule has 0 spiro atoms. The number of carbonyl (C=O) groups excluding carboxylic acids is 2. The molecule has 6 heteroatoms. The van der Waals surface area contributed by atoms with Crippen molar-refractivity contribution in [3.05, 3.63) is 23.8 Å². The lowest BCUT2D eigenvalue weighted by Crippen LogP contribution is -2.27. The highest BCUT2D eigenvalue weighted by Gasteiger charge is 2.47. The quantitative estimate of drug-likeness (QED) is 0.382. The van der Waals surface area contributed by atoms with Crippen LogP contribution in [0.15, 0.2) is 23.8 Å². The van der Waals surface area contributed by atoms with Gasteiger partial charge in [-0.15, -0.1) is 0 Å². The summed E-state index contributed by atoms with van der Waals surface area (Å²) in [5, 5.41) is 22.8. The van der Waals surface area contributed by atoms with Crippen LogP contribution in [0, 0.1) is 11.8 Å². The molecule has 1 saturated carbocycles. The molecule has 2 fully saturated rings. The molecule has 0 bridgehead atoms. The van der Waals surface area contributed by atoms with Crippen LogP contribution in [0.3, 0.4) is 0 Å². The molecule has 0 aromatic rings. The van der Waals surface area contributed by atoms with Crippen LogP contribution in [0.5, 0.6) is 0 Å². The average molecular weight is 408 g/mol. The first-order valence-electron chi connectivity index (χ1n) is 10.9. The van der Waals surface area contributed by atoms with Crippen LogP contribution in [-0.4, -0.2) is 46.4 Å². The van der Waals surface area contributed by atoms with E-state index in [1.807, 2.05) is 12.2 Å². The van der Waals surface area contributed by atoms with Gasteiger partial charge in [-0.1, -0.05) is 30.2 Å². The summed E-state index contributed by atoms with van der Waals surface area (Å²) in [6, 6.07) is 0. The van der Waals surface area contributed by atoms with E-state index in [4.69, 9.17) is 4.74 Å². The summed E-state index contributed by atoms with van der Waals surface area (Å²) in [5.41, 5.74) is 1.25. The zero-order valence-electron chi connectivity index (χ0n) is 18.0. The molecule has 2 rings (SSSR count). The number of ether oxygens (including phenoxy) is 1. The van der Waals surface area contributed by atoms with Crippen LogP contribution >= 0.6 is 0 Å². The fourth-order valence-electron chi connectivity index (χ4n) is 4.44. The molecule has 1 heterocycles. The Morgan fingerprint density at radius 2 is 1.97 bits per heavy atom. The summed E-state index contributed by atoms with van der Waals surface area (Å²) in [6.07, 6.45) is 11.2. The number of hydrogen-bond acceptors (Lipinski definition) is 5. The number of fused-ring (bicyclic) bond motifs is 1. The molecule has 0 aromatic carbocycles. The van der Waals surface area contributed by atoms with Crippen LogP contribution in [-0.2, 0) is 14.3 Å². The van der Waals surface area contributed by atoms with Gasteiger partial charge in [0, 0.05) is 25.7 Å². The summed E-state index contributed by atoms with van der Waals surface area (Å²) in [4.78, 5) is 22.3. The van der Waals surface area contributed by atoms with Gasteiger partial charge in [0.25, 0.3) is 0 Å². The Hall–Kier alpha value is -1.50. The number of aliphatic hydroxyl groups is 2. The minimum atomic E-state index is -0.490. The first-order valence-corrected chi connectivity index (χ1v) is 10.9. The highest BCUT2D eigenvalue weighted by atomic mass is 16.5. The molecule has 6 nitrogen and oxygen atoms in total. The molecular formula is C23H37NO5. The van der Waals surface area contributed by atoms with Crippen molar-refractivity contribution in [2.45, 2.75) is 96.6 Å². The molecule has 3 N–H and O–H groups in total. The SMILES string of the molecule is CC(=O)NC(=O)CCCC[C@@H]1C[C@@H]2[C@@H](C=C[C@@H](O)CCC=C(C)C)[C@H](O)C[C@@H]2O1. The number of carbonyl (C=O) groups is 2. The largest absolute Gasteiger partial charge is 0.392 e. The molecule has 0 radical (unpaired) electrons. The van der Waals surface area contributed by atoms with Crippen LogP contribution in [0.4, 0.5) is 0 Å². The van der Waals surface area contributed by atoms with Crippen LogP contribution in [0.25, 0.3) is 0 Å². The van der Waals surface area contributed by atoms with Crippen molar-refractivity contribution < 1.29 is 24.5 Å². The lowest BCUT2D eigenvalue weighted by atomic mass is 9.89. The maximum absolute atomic E-state index is 11.5. The summed E-state index contributed by atoms with van der Waals surface area (Å²) in [5.74, 6) is -0.221. The Labute approximate surface area is 174 Å². The fraction of sp³-hybridized carbons (Fsp3) is 0.739. The van der Waals surface area contributed by atoms with Gasteiger partial charge in [-0.3, -0.25) is 14.9 Å². The summed E-state index contributed by atoms with van der Waals surface area (Å²) in [7, 11) is 0. The third-order valence-electron chi connectivity index (χ3n) is 5.86. The van der Waals surface area contributed by atoms with Crippen LogP contribution < -0.4 is 5.32 Å². The number of unbranched alkanes of at least 4 members (excludes halogenated alkanes) is 1. The molecule has 2 amide bonds. The minimum Gasteiger partial charge on any atom is -0.392 e. The predicted molar refractivity (Wildman–Crippen MR) is 112 cm³/mol. The highest BCUT2D eigenvalue weighted by molar-refractivity contribution is 5.93. The van der Waals surface area contributed by atoms with Gasteiger partial charge in [0.05, 0.1) is 24.4 Å². The second-order valence-electron chi connectivity index (χ2n) is 8.74. The number of aliphatic hydroxyl groups excluding tert-OH is 2. The van der Waals surface area contributed by atoms with Crippen molar-refractivity contribution in [2.75, 3.05) is 0 Å². The Kier molecular flexibility index (Phi) is 9.53. The van der Waals surface area contributed by atoms with Gasteiger partial charge in [0.2, 0.25) is 11.8 Å². The summed E-state index contributed by atoms with van der Waals surface area (Å²) >= 11 is 0. The molecule has 0 unspecified atom stereocenters. The first kappa shape index (κ1) is 23.8. The molecule has 1 aliphatic carbocycles. The lowest BCUT2D eigenvalue weighted by molar-refractivity contribution is -0.129. The van der Waals surface area contributed by atoms with Crippen molar-refractivity contribution in [3.8, 4) is 0 Å². The third kappa shape index (κ3) is 8.03. The van der Waals surface area contributed by atoms with E-state index in [1.54, 1.807) is 0 Å². The monoisotopic (exact) mass is 407 g/mol. The van der Waals surface area contributed by atoms with Gasteiger partial charge >= 0.3 is 0 Å². The number of hydrogen-bond donors (Lipinski definition) is 3. The molecule has 0 aromatic heterocycles. The topological polar surface area (TPSA) is 95.9 Å². The Morgan fingerprint density at radius 3 is 2.66 bits per heavy atom. The Morgan fingerprint density at radius 1 is 1.21 bits per heavy atom. The second-order valence-corrected chi connectivity index (χ2v) is 8.74. The van der Waals surface area contributed by atoms with Gasteiger partial charge in [-0.25, -0.2) is 0 Å². The molecule has 29 heavy (non-hydrogen) atoms. The third-order valence-corrected chi connectivity index (χ3v) is 5.86. The number of nitrogens with one attached hydrogen (secondary N) is 1. The number of amides is 2. The number of imide groups is 1. The lowest BCUT2D eigenvalue weighted by Gasteiger charge is -2.18. The van der Waals surface area contributed by atoms with E-state index in [0.717, 1.165) is 32.1 Å². The zero-order valence-corrected chi connectivity index (χ0v) is 18.0. The minimum absolute atomic E-state index is 0.0319. The fourth-order valence-corrected chi connectivity index (χ4v) is 4.44. The maximum atomic E-state index is 11.5. The average Bonchev–Trinajstić information content (AvgIpc) is 3.12. The number of rotatable bonds is 10. The van der Waals surface area contributed by atoms with Gasteiger partial charge in [0.1, 0.15) is 0 Å². The molecular weight excluding hydrogens is 370 g/mol. The molecule has 2 aliphatic rings. The molecule has 1 aliphatic heterocycles. The van der Waals surface area contributed by atoms with E-state index in [0.29, 0.717) is 19.3 Å². The second kappa shape index (κ2) is 11.6. The van der Waals surface area contributed by atoms with Crippen molar-refractivity contribution in [3.63, 3.8) is 0 Å². The smallest absolute Gasteiger partial charge is 0.226 e. The van der Waals surface area contributed by atoms with E-state index in [-0.39, 0.29) is 35.9 Å². The van der Waals surface area contributed by atoms with E-state index in [1.165, 1.54) is 12.5 Å². The zero-order chi connectivity index (χ0) is 21.4. The van der Waals surface area contributed by atoms with Crippen molar-refractivity contribution >= 4 is 11.8 Å². The molecule has 1 saturated heterocycles. The normalized spacial score (nSPS) is 29.6. The van der Waals surface area contributed by atoms with E-state index in [2.05, 4.69) is 25.2 Å². The molecule has 6 atom stereocenters. The maximum Gasteiger partial charge on any atom is 0.226 e. The first-order chi connectivity index (χ1) is 13.8. The number of allylic oxidation sites excluding steroid dienone is 2. The van der Waals surface area contributed by atoms with E-state index in [9.17, 15) is 19.8 Å². The Balaban J connectivity index is 1.73. The van der Waals surface area contributed by atoms with E-state index < -0.39 is 12.2 Å². The summed E-state index contributed by atoms with van der Waals surface area (Å²) in [6.45, 7) is 5.44. The Bertz CT molecular complexity index is 610. The van der Waals surface area contributed by atoms with Crippen molar-refractivity contribution in [1.29, 1.82) is 0 Å². The van der Waals surface area contributed by atoms with Crippen LogP contribution in [0.1, 0.15) is 72.1 Å². The van der Waals surface area contributed by atoms with Crippen molar-refractivity contribution in [1.82, 2.24) is 5.32 Å². The van der Waals surface area contributed by atoms with Gasteiger partial charge in [-0.2, -0.15) is 0 Å². The highest BCUT2D eigenvalue weighted by Crippen LogP contribution is 2.45. The van der Waals surface area contributed by atoms with E-state index >= 15 is 0 Å². The van der Waals surface area contributed by atoms with Crippen LogP contribution in [0.2, 0.25) is 0 Å². The predicted octanol–water partition coefficient (Wildman–Crippen LogP) is 3.03. The van der Waals surface area contributed by atoms with Crippen molar-refractivity contribution in [2.24, 2.45) is 11.8 Å². The van der Waals surface area contributed by atoms with Gasteiger partial charge < -0.3 is 14.9 Å². The summed E-state index contributed by atoms with van der Waals surface area (Å²) < 4.78 is 6.14. The standard InChI is InChI=1S/C23H37NO5/c1-15(2)7-6-8-17(26)11-12-19-20-13-18(29-22(20)14-21(19)27)9-4-5-10-23(28)24-16(3)25/h7,11-12,17-22,26-27H,4-6,8-10,13-14H2,1-3H3,(H,24,25,28)/t17-,18+,19+,20+,21+,22-/m0/s1. The molecule has 164 valence electrons. The van der Waals surface area contributed by atoms with Gasteiger partial charge in [-0.05, 0) is 51.9 Å². The van der Waals surface area contributed by atoms with Gasteiger partial charge in [0.15, 0.2) is 0 Å².